The summed E-state index contributed by atoms with van der Waals surface area (Å²) in [7, 11) is -3.82. The van der Waals surface area contributed by atoms with Crippen molar-refractivity contribution < 1.29 is 17.7 Å². The molecule has 0 bridgehead atoms. The summed E-state index contributed by atoms with van der Waals surface area (Å²) in [5.74, 6) is 0.575. The van der Waals surface area contributed by atoms with Gasteiger partial charge in [-0.1, -0.05) is 28.9 Å². The fourth-order valence-electron chi connectivity index (χ4n) is 2.18. The van der Waals surface area contributed by atoms with Gasteiger partial charge in [-0.3, -0.25) is 4.72 Å². The van der Waals surface area contributed by atoms with Crippen LogP contribution in [0.5, 0.6) is 0 Å². The van der Waals surface area contributed by atoms with E-state index in [0.29, 0.717) is 22.2 Å². The Morgan fingerprint density at radius 3 is 2.41 bits per heavy atom. The molecule has 3 rings (SSSR count). The molecule has 0 saturated carbocycles. The Labute approximate surface area is 160 Å². The lowest BCUT2D eigenvalue weighted by molar-refractivity contribution is 0.262. The summed E-state index contributed by atoms with van der Waals surface area (Å²) in [6.45, 7) is 1.65. The van der Waals surface area contributed by atoms with E-state index < -0.39 is 16.1 Å². The van der Waals surface area contributed by atoms with Crippen molar-refractivity contribution in [1.82, 2.24) is 5.16 Å². The molecule has 0 aliphatic rings. The number of aryl methyl sites for hydroxylation is 1. The minimum atomic E-state index is -3.82. The van der Waals surface area contributed by atoms with E-state index >= 15 is 0 Å². The maximum absolute atomic E-state index is 12.3. The van der Waals surface area contributed by atoms with Gasteiger partial charge in [0.2, 0.25) is 0 Å². The van der Waals surface area contributed by atoms with Gasteiger partial charge in [0.15, 0.2) is 5.82 Å². The van der Waals surface area contributed by atoms with Crippen LogP contribution in [0.1, 0.15) is 5.76 Å². The highest BCUT2D eigenvalue weighted by molar-refractivity contribution is 7.92. The van der Waals surface area contributed by atoms with Crippen LogP contribution >= 0.6 is 11.6 Å². The molecule has 2 amide bonds. The molecule has 3 N–H and O–H groups in total. The molecule has 0 saturated heterocycles. The van der Waals surface area contributed by atoms with Crippen molar-refractivity contribution in [3.05, 3.63) is 65.4 Å². The molecular formula is C17H15ClN4O4S. The number of aromatic nitrogens is 1. The van der Waals surface area contributed by atoms with Crippen LogP contribution in [0.15, 0.2) is 64.0 Å². The van der Waals surface area contributed by atoms with Crippen molar-refractivity contribution in [2.45, 2.75) is 11.8 Å². The highest BCUT2D eigenvalue weighted by atomic mass is 35.5. The van der Waals surface area contributed by atoms with Crippen molar-refractivity contribution in [3.8, 4) is 0 Å². The minimum Gasteiger partial charge on any atom is -0.360 e. The number of carbonyl (C=O) groups excluding carboxylic acids is 1. The van der Waals surface area contributed by atoms with Gasteiger partial charge < -0.3 is 15.2 Å². The van der Waals surface area contributed by atoms with Crippen LogP contribution in [0.25, 0.3) is 0 Å². The Bertz CT molecular complexity index is 1060. The second-order valence-electron chi connectivity index (χ2n) is 5.51. The van der Waals surface area contributed by atoms with E-state index in [1.807, 2.05) is 0 Å². The maximum atomic E-state index is 12.3. The second-order valence-corrected chi connectivity index (χ2v) is 7.60. The molecule has 8 nitrogen and oxygen atoms in total. The molecule has 0 atom stereocenters. The molecule has 2 aromatic carbocycles. The molecule has 0 unspecified atom stereocenters. The molecule has 3 aromatic rings. The standard InChI is InChI=1S/C17H15ClN4O4S/c1-11-10-16(21-26-11)22-27(24,25)13-8-6-12(7-9-13)19-17(23)20-15-5-3-2-4-14(15)18/h2-10H,1H3,(H,21,22)(H2,19,20,23). The van der Waals surface area contributed by atoms with Crippen LogP contribution in [0, 0.1) is 6.92 Å². The molecule has 1 aromatic heterocycles. The first kappa shape index (κ1) is 18.7. The zero-order chi connectivity index (χ0) is 19.4. The van der Waals surface area contributed by atoms with Gasteiger partial charge in [-0.2, -0.15) is 0 Å². The molecule has 0 aliphatic heterocycles. The van der Waals surface area contributed by atoms with E-state index in [-0.39, 0.29) is 10.7 Å². The van der Waals surface area contributed by atoms with Gasteiger partial charge in [-0.25, -0.2) is 13.2 Å². The van der Waals surface area contributed by atoms with Crippen molar-refractivity contribution in [1.29, 1.82) is 0 Å². The van der Waals surface area contributed by atoms with Crippen LogP contribution in [0.2, 0.25) is 5.02 Å². The van der Waals surface area contributed by atoms with E-state index in [4.69, 9.17) is 16.1 Å². The number of rotatable bonds is 5. The van der Waals surface area contributed by atoms with Crippen molar-refractivity contribution in [2.75, 3.05) is 15.4 Å². The number of nitrogens with one attached hydrogen (secondary N) is 3. The molecule has 27 heavy (non-hydrogen) atoms. The van der Waals surface area contributed by atoms with Gasteiger partial charge >= 0.3 is 6.03 Å². The number of nitrogens with zero attached hydrogens (tertiary/aromatic N) is 1. The average Bonchev–Trinajstić information content (AvgIpc) is 3.01. The number of hydrogen-bond acceptors (Lipinski definition) is 5. The summed E-state index contributed by atoms with van der Waals surface area (Å²) in [5, 5.41) is 9.20. The fourth-order valence-corrected chi connectivity index (χ4v) is 3.34. The van der Waals surface area contributed by atoms with Crippen LogP contribution in [0.4, 0.5) is 22.0 Å². The SMILES string of the molecule is Cc1cc(NS(=O)(=O)c2ccc(NC(=O)Nc3ccccc3Cl)cc2)no1. The number of benzene rings is 2. The molecule has 10 heteroatoms. The number of para-hydroxylation sites is 1. The zero-order valence-electron chi connectivity index (χ0n) is 14.1. The van der Waals surface area contributed by atoms with Gasteiger partial charge in [0, 0.05) is 11.8 Å². The van der Waals surface area contributed by atoms with Gasteiger partial charge in [-0.15, -0.1) is 0 Å². The fraction of sp³-hybridized carbons (Fsp3) is 0.0588. The van der Waals surface area contributed by atoms with E-state index in [2.05, 4.69) is 20.5 Å². The minimum absolute atomic E-state index is 0.0141. The van der Waals surface area contributed by atoms with Crippen LogP contribution < -0.4 is 15.4 Å². The lowest BCUT2D eigenvalue weighted by atomic mass is 10.3. The number of carbonyl (C=O) groups is 1. The summed E-state index contributed by atoms with van der Waals surface area (Å²) in [6, 6.07) is 13.4. The average molecular weight is 407 g/mol. The van der Waals surface area contributed by atoms with Crippen LogP contribution in [0.3, 0.4) is 0 Å². The highest BCUT2D eigenvalue weighted by Crippen LogP contribution is 2.21. The van der Waals surface area contributed by atoms with Crippen molar-refractivity contribution in [3.63, 3.8) is 0 Å². The number of sulfonamides is 1. The predicted molar refractivity (Wildman–Crippen MR) is 103 cm³/mol. The van der Waals surface area contributed by atoms with Gasteiger partial charge in [0.05, 0.1) is 15.6 Å². The Morgan fingerprint density at radius 2 is 1.78 bits per heavy atom. The third-order valence-electron chi connectivity index (χ3n) is 3.41. The van der Waals surface area contributed by atoms with Gasteiger partial charge in [-0.05, 0) is 43.3 Å². The van der Waals surface area contributed by atoms with E-state index in [0.717, 1.165) is 0 Å². The number of amides is 2. The Kier molecular flexibility index (Phi) is 5.33. The highest BCUT2D eigenvalue weighted by Gasteiger charge is 2.16. The quantitative estimate of drug-likeness (QED) is 0.590. The van der Waals surface area contributed by atoms with Gasteiger partial charge in [0.25, 0.3) is 10.0 Å². The normalized spacial score (nSPS) is 11.0. The molecule has 0 radical (unpaired) electrons. The van der Waals surface area contributed by atoms with E-state index in [9.17, 15) is 13.2 Å². The van der Waals surface area contributed by atoms with Crippen LogP contribution in [-0.4, -0.2) is 19.6 Å². The summed E-state index contributed by atoms with van der Waals surface area (Å²) in [5.41, 5.74) is 0.874. The van der Waals surface area contributed by atoms with E-state index in [1.54, 1.807) is 31.2 Å². The number of hydrogen-bond donors (Lipinski definition) is 3. The maximum Gasteiger partial charge on any atom is 0.323 e. The summed E-state index contributed by atoms with van der Waals surface area (Å²) in [6.07, 6.45) is 0. The third kappa shape index (κ3) is 4.78. The Morgan fingerprint density at radius 1 is 1.07 bits per heavy atom. The monoisotopic (exact) mass is 406 g/mol. The summed E-state index contributed by atoms with van der Waals surface area (Å²) < 4.78 is 31.8. The molecule has 0 spiro atoms. The molecule has 0 fully saturated rings. The largest absolute Gasteiger partial charge is 0.360 e. The second kappa shape index (κ2) is 7.68. The third-order valence-corrected chi connectivity index (χ3v) is 5.11. The first-order valence-electron chi connectivity index (χ1n) is 7.72. The first-order chi connectivity index (χ1) is 12.8. The lowest BCUT2D eigenvalue weighted by Crippen LogP contribution is -2.19. The first-order valence-corrected chi connectivity index (χ1v) is 9.58. The van der Waals surface area contributed by atoms with Crippen molar-refractivity contribution in [2.24, 2.45) is 0 Å². The topological polar surface area (TPSA) is 113 Å². The Hall–Kier alpha value is -3.04. The molecule has 140 valence electrons. The molecule has 1 heterocycles. The summed E-state index contributed by atoms with van der Waals surface area (Å²) in [4.78, 5) is 12.0. The number of anilines is 3. The predicted octanol–water partition coefficient (Wildman–Crippen LogP) is 4.08. The van der Waals surface area contributed by atoms with E-state index in [1.165, 1.54) is 30.3 Å². The molecule has 0 aliphatic carbocycles. The number of urea groups is 1. The smallest absolute Gasteiger partial charge is 0.323 e. The molecular weight excluding hydrogens is 392 g/mol. The lowest BCUT2D eigenvalue weighted by Gasteiger charge is -2.10. The van der Waals surface area contributed by atoms with Crippen LogP contribution in [-0.2, 0) is 10.0 Å². The Balaban J connectivity index is 1.66. The summed E-state index contributed by atoms with van der Waals surface area (Å²) >= 11 is 5.98. The van der Waals surface area contributed by atoms with Crippen molar-refractivity contribution >= 4 is 44.8 Å². The zero-order valence-corrected chi connectivity index (χ0v) is 15.6. The number of halogens is 1. The van der Waals surface area contributed by atoms with Gasteiger partial charge in [0.1, 0.15) is 5.76 Å².